The predicted octanol–water partition coefficient (Wildman–Crippen LogP) is 4.08. The van der Waals surface area contributed by atoms with E-state index in [1.807, 2.05) is 6.07 Å². The molecular formula is C20H19N3O. The number of aromatic nitrogens is 2. The number of benzene rings is 1. The first-order valence-corrected chi connectivity index (χ1v) is 7.90. The molecule has 2 N–H and O–H groups in total. The van der Waals surface area contributed by atoms with Crippen LogP contribution in [0, 0.1) is 6.92 Å². The summed E-state index contributed by atoms with van der Waals surface area (Å²) in [5.41, 5.74) is 12.9. The Bertz CT molecular complexity index is 869. The lowest BCUT2D eigenvalue weighted by molar-refractivity contribution is 0.111. The zero-order valence-electron chi connectivity index (χ0n) is 13.8. The van der Waals surface area contributed by atoms with Crippen LogP contribution in [0.3, 0.4) is 0 Å². The topological polar surface area (TPSA) is 68.9 Å². The van der Waals surface area contributed by atoms with Crippen LogP contribution in [-0.4, -0.2) is 16.3 Å². The van der Waals surface area contributed by atoms with Crippen LogP contribution in [0.25, 0.3) is 22.3 Å². The number of pyridine rings is 2. The number of aldehydes is 1. The fraction of sp³-hybridized carbons (Fsp3) is 0.150. The highest BCUT2D eigenvalue weighted by Gasteiger charge is 2.15. The van der Waals surface area contributed by atoms with Gasteiger partial charge < -0.3 is 5.73 Å². The third-order valence-corrected chi connectivity index (χ3v) is 4.13. The van der Waals surface area contributed by atoms with Gasteiger partial charge in [0.2, 0.25) is 0 Å². The van der Waals surface area contributed by atoms with Crippen molar-refractivity contribution in [3.8, 4) is 22.3 Å². The number of carbonyl (C=O) groups is 1. The molecule has 0 aliphatic carbocycles. The van der Waals surface area contributed by atoms with E-state index in [2.05, 4.69) is 48.1 Å². The molecule has 0 radical (unpaired) electrons. The van der Waals surface area contributed by atoms with Gasteiger partial charge in [0, 0.05) is 29.1 Å². The maximum atomic E-state index is 10.8. The third-order valence-electron chi connectivity index (χ3n) is 4.13. The van der Waals surface area contributed by atoms with Crippen LogP contribution in [-0.2, 0) is 6.42 Å². The summed E-state index contributed by atoms with van der Waals surface area (Å²) in [5.74, 6) is 0.525. The van der Waals surface area contributed by atoms with E-state index in [0.717, 1.165) is 40.5 Å². The number of nitrogens with two attached hydrogens (primary N) is 1. The molecule has 0 saturated heterocycles. The zero-order valence-corrected chi connectivity index (χ0v) is 13.8. The van der Waals surface area contributed by atoms with Crippen LogP contribution in [0.15, 0.2) is 48.8 Å². The number of nitrogens with zero attached hydrogens (tertiary/aromatic N) is 2. The van der Waals surface area contributed by atoms with Gasteiger partial charge in [-0.05, 0) is 30.5 Å². The van der Waals surface area contributed by atoms with E-state index >= 15 is 0 Å². The fourth-order valence-corrected chi connectivity index (χ4v) is 2.86. The average Bonchev–Trinajstić information content (AvgIpc) is 2.62. The summed E-state index contributed by atoms with van der Waals surface area (Å²) in [7, 11) is 0. The highest BCUT2D eigenvalue weighted by atomic mass is 16.1. The van der Waals surface area contributed by atoms with E-state index in [9.17, 15) is 4.79 Å². The van der Waals surface area contributed by atoms with Gasteiger partial charge in [-0.25, -0.2) is 4.98 Å². The molecule has 24 heavy (non-hydrogen) atoms. The maximum Gasteiger partial charge on any atom is 0.168 e. The molecule has 4 heteroatoms. The Kier molecular flexibility index (Phi) is 4.38. The van der Waals surface area contributed by atoms with Crippen LogP contribution in [0.4, 0.5) is 5.82 Å². The van der Waals surface area contributed by atoms with Crippen molar-refractivity contribution in [1.29, 1.82) is 0 Å². The second-order valence-electron chi connectivity index (χ2n) is 5.72. The molecule has 0 aliphatic heterocycles. The summed E-state index contributed by atoms with van der Waals surface area (Å²) in [6.45, 7) is 4.16. The zero-order chi connectivity index (χ0) is 17.1. The van der Waals surface area contributed by atoms with E-state index in [4.69, 9.17) is 5.73 Å². The minimum absolute atomic E-state index is 0.416. The molecule has 0 fully saturated rings. The summed E-state index contributed by atoms with van der Waals surface area (Å²) in [5, 5.41) is 0. The molecule has 2 heterocycles. The number of rotatable bonds is 4. The van der Waals surface area contributed by atoms with Crippen LogP contribution in [0.5, 0.6) is 0 Å². The van der Waals surface area contributed by atoms with Crippen LogP contribution in [0.2, 0.25) is 0 Å². The van der Waals surface area contributed by atoms with E-state index < -0.39 is 0 Å². The molecule has 3 rings (SSSR count). The van der Waals surface area contributed by atoms with Gasteiger partial charge >= 0.3 is 0 Å². The Hall–Kier alpha value is -3.01. The highest BCUT2D eigenvalue weighted by Crippen LogP contribution is 2.35. The number of nitrogen functional groups attached to an aromatic ring is 1. The van der Waals surface area contributed by atoms with Crippen molar-refractivity contribution in [3.05, 3.63) is 65.6 Å². The number of hydrogen-bond acceptors (Lipinski definition) is 4. The lowest BCUT2D eigenvalue weighted by Gasteiger charge is -2.16. The highest BCUT2D eigenvalue weighted by molar-refractivity contribution is 5.84. The van der Waals surface area contributed by atoms with Crippen molar-refractivity contribution < 1.29 is 4.79 Å². The van der Waals surface area contributed by atoms with E-state index in [1.165, 1.54) is 5.56 Å². The summed E-state index contributed by atoms with van der Waals surface area (Å²) < 4.78 is 0. The molecule has 0 spiro atoms. The lowest BCUT2D eigenvalue weighted by Crippen LogP contribution is -2.02. The maximum absolute atomic E-state index is 10.8. The molecule has 1 aromatic carbocycles. The SMILES string of the molecule is CCc1c(-c2ccc(C=O)nc2)cnc(N)c1-c1ccc(C)cc1. The van der Waals surface area contributed by atoms with Crippen molar-refractivity contribution in [2.45, 2.75) is 20.3 Å². The van der Waals surface area contributed by atoms with E-state index in [-0.39, 0.29) is 0 Å². The van der Waals surface area contributed by atoms with Gasteiger partial charge in [-0.1, -0.05) is 42.8 Å². The average molecular weight is 317 g/mol. The monoisotopic (exact) mass is 317 g/mol. The molecule has 120 valence electrons. The summed E-state index contributed by atoms with van der Waals surface area (Å²) >= 11 is 0. The molecule has 3 aromatic rings. The third kappa shape index (κ3) is 2.91. The largest absolute Gasteiger partial charge is 0.383 e. The molecule has 0 saturated carbocycles. The first kappa shape index (κ1) is 15.9. The molecule has 2 aromatic heterocycles. The number of aryl methyl sites for hydroxylation is 1. The van der Waals surface area contributed by atoms with Gasteiger partial charge in [0.25, 0.3) is 0 Å². The second kappa shape index (κ2) is 6.62. The Morgan fingerprint density at radius 1 is 1.00 bits per heavy atom. The minimum Gasteiger partial charge on any atom is -0.383 e. The van der Waals surface area contributed by atoms with Gasteiger partial charge in [-0.2, -0.15) is 0 Å². The first-order valence-electron chi connectivity index (χ1n) is 7.90. The smallest absolute Gasteiger partial charge is 0.168 e. The number of anilines is 1. The minimum atomic E-state index is 0.416. The van der Waals surface area contributed by atoms with Crippen molar-refractivity contribution in [3.63, 3.8) is 0 Å². The van der Waals surface area contributed by atoms with Gasteiger partial charge in [0.1, 0.15) is 11.5 Å². The summed E-state index contributed by atoms with van der Waals surface area (Å²) in [4.78, 5) is 19.3. The molecule has 0 amide bonds. The van der Waals surface area contributed by atoms with Crippen molar-refractivity contribution in [1.82, 2.24) is 9.97 Å². The molecule has 0 bridgehead atoms. The Balaban J connectivity index is 2.19. The molecule has 0 unspecified atom stereocenters. The van der Waals surface area contributed by atoms with Crippen molar-refractivity contribution in [2.75, 3.05) is 5.73 Å². The van der Waals surface area contributed by atoms with E-state index in [0.29, 0.717) is 11.5 Å². The standard InChI is InChI=1S/C20H19N3O/c1-3-17-18(15-8-9-16(12-24)22-10-15)11-23-20(21)19(17)14-6-4-13(2)5-7-14/h4-12H,3H2,1-2H3,(H2,21,23). The quantitative estimate of drug-likeness (QED) is 0.736. The number of carbonyl (C=O) groups excluding carboxylic acids is 1. The summed E-state index contributed by atoms with van der Waals surface area (Å²) in [6, 6.07) is 11.9. The molecule has 4 nitrogen and oxygen atoms in total. The van der Waals surface area contributed by atoms with Crippen LogP contribution >= 0.6 is 0 Å². The van der Waals surface area contributed by atoms with Gasteiger partial charge in [0.05, 0.1) is 0 Å². The van der Waals surface area contributed by atoms with Crippen molar-refractivity contribution >= 4 is 12.1 Å². The number of hydrogen-bond donors (Lipinski definition) is 1. The van der Waals surface area contributed by atoms with Gasteiger partial charge in [-0.3, -0.25) is 9.78 Å². The summed E-state index contributed by atoms with van der Waals surface area (Å²) in [6.07, 6.45) is 5.04. The molecule has 0 aliphatic rings. The van der Waals surface area contributed by atoms with Gasteiger partial charge in [0.15, 0.2) is 6.29 Å². The second-order valence-corrected chi connectivity index (χ2v) is 5.72. The van der Waals surface area contributed by atoms with Crippen molar-refractivity contribution in [2.24, 2.45) is 0 Å². The van der Waals surface area contributed by atoms with Crippen LogP contribution in [0.1, 0.15) is 28.5 Å². The molecule has 0 atom stereocenters. The Morgan fingerprint density at radius 2 is 1.71 bits per heavy atom. The lowest BCUT2D eigenvalue weighted by atomic mass is 9.92. The van der Waals surface area contributed by atoms with E-state index in [1.54, 1.807) is 18.5 Å². The Labute approximate surface area is 141 Å². The first-order chi connectivity index (χ1) is 11.6. The fourth-order valence-electron chi connectivity index (χ4n) is 2.86. The van der Waals surface area contributed by atoms with Crippen LogP contribution < -0.4 is 5.73 Å². The molecular weight excluding hydrogens is 298 g/mol. The van der Waals surface area contributed by atoms with Gasteiger partial charge in [-0.15, -0.1) is 0 Å². The normalized spacial score (nSPS) is 10.6. The Morgan fingerprint density at radius 3 is 2.29 bits per heavy atom. The predicted molar refractivity (Wildman–Crippen MR) is 96.8 cm³/mol.